The first-order valence-electron chi connectivity index (χ1n) is 6.35. The first kappa shape index (κ1) is 12.9. The molecule has 0 amide bonds. The van der Waals surface area contributed by atoms with E-state index in [9.17, 15) is 0 Å². The van der Waals surface area contributed by atoms with Gasteiger partial charge in [0.1, 0.15) is 0 Å². The maximum atomic E-state index is 9.13. The summed E-state index contributed by atoms with van der Waals surface area (Å²) in [6, 6.07) is 8.97. The Hall–Kier alpha value is -0.570. The average Bonchev–Trinajstić information content (AvgIpc) is 2.30. The molecule has 3 heteroatoms. The summed E-state index contributed by atoms with van der Waals surface area (Å²) in [6.45, 7) is 2.34. The second kappa shape index (κ2) is 5.85. The van der Waals surface area contributed by atoms with Gasteiger partial charge in [-0.1, -0.05) is 30.7 Å². The van der Waals surface area contributed by atoms with Crippen LogP contribution in [0, 0.1) is 0 Å². The van der Waals surface area contributed by atoms with E-state index in [0.717, 1.165) is 24.3 Å². The van der Waals surface area contributed by atoms with Crippen LogP contribution in [-0.2, 0) is 0 Å². The fourth-order valence-electron chi connectivity index (χ4n) is 2.39. The van der Waals surface area contributed by atoms with Crippen molar-refractivity contribution >= 4 is 11.6 Å². The van der Waals surface area contributed by atoms with Crippen LogP contribution >= 0.6 is 11.6 Å². The highest BCUT2D eigenvalue weighted by atomic mass is 35.5. The monoisotopic (exact) mass is 253 g/mol. The van der Waals surface area contributed by atoms with Crippen molar-refractivity contribution in [3.05, 3.63) is 34.9 Å². The Bertz CT molecular complexity index is 342. The van der Waals surface area contributed by atoms with Crippen LogP contribution in [-0.4, -0.2) is 23.8 Å². The number of benzene rings is 1. The molecule has 1 aliphatic carbocycles. The highest BCUT2D eigenvalue weighted by molar-refractivity contribution is 6.30. The summed E-state index contributed by atoms with van der Waals surface area (Å²) in [4.78, 5) is 0. The van der Waals surface area contributed by atoms with E-state index in [1.54, 1.807) is 0 Å². The SMILES string of the molecule is CC[C@@H](CO)NC1CC(c2ccc(Cl)cc2)C1. The molecule has 94 valence electrons. The molecule has 17 heavy (non-hydrogen) atoms. The van der Waals surface area contributed by atoms with Gasteiger partial charge in [-0.15, -0.1) is 0 Å². The summed E-state index contributed by atoms with van der Waals surface area (Å²) >= 11 is 5.87. The van der Waals surface area contributed by atoms with Gasteiger partial charge in [0.05, 0.1) is 6.61 Å². The summed E-state index contributed by atoms with van der Waals surface area (Å²) in [6.07, 6.45) is 3.31. The van der Waals surface area contributed by atoms with Crippen molar-refractivity contribution in [1.29, 1.82) is 0 Å². The van der Waals surface area contributed by atoms with E-state index in [4.69, 9.17) is 16.7 Å². The average molecular weight is 254 g/mol. The maximum Gasteiger partial charge on any atom is 0.0584 e. The molecule has 1 fully saturated rings. The molecule has 1 atom stereocenters. The van der Waals surface area contributed by atoms with Crippen LogP contribution in [0.1, 0.15) is 37.7 Å². The van der Waals surface area contributed by atoms with Gasteiger partial charge in [0.2, 0.25) is 0 Å². The third-order valence-corrected chi connectivity index (χ3v) is 3.92. The van der Waals surface area contributed by atoms with E-state index in [1.807, 2.05) is 12.1 Å². The van der Waals surface area contributed by atoms with Gasteiger partial charge >= 0.3 is 0 Å². The molecule has 1 saturated carbocycles. The molecule has 0 aliphatic heterocycles. The van der Waals surface area contributed by atoms with E-state index in [0.29, 0.717) is 12.0 Å². The zero-order valence-corrected chi connectivity index (χ0v) is 11.0. The summed E-state index contributed by atoms with van der Waals surface area (Å²) in [5, 5.41) is 13.4. The molecule has 0 radical (unpaired) electrons. The molecule has 0 saturated heterocycles. The molecule has 1 aliphatic rings. The molecule has 0 bridgehead atoms. The highest BCUT2D eigenvalue weighted by Crippen LogP contribution is 2.37. The standard InChI is InChI=1S/C14H20ClNO/c1-2-13(9-17)16-14-7-11(8-14)10-3-5-12(15)6-4-10/h3-6,11,13-14,16-17H,2,7-9H2,1H3/t11?,13-,14?/m0/s1. The quantitative estimate of drug-likeness (QED) is 0.846. The minimum atomic E-state index is 0.235. The minimum Gasteiger partial charge on any atom is -0.395 e. The van der Waals surface area contributed by atoms with Crippen molar-refractivity contribution in [1.82, 2.24) is 5.32 Å². The summed E-state index contributed by atoms with van der Waals surface area (Å²) in [5.41, 5.74) is 1.38. The molecule has 0 unspecified atom stereocenters. The Balaban J connectivity index is 1.80. The predicted octanol–water partition coefficient (Wildman–Crippen LogP) is 2.95. The molecule has 1 aromatic rings. The van der Waals surface area contributed by atoms with Crippen LogP contribution < -0.4 is 5.32 Å². The van der Waals surface area contributed by atoms with Crippen molar-refractivity contribution < 1.29 is 5.11 Å². The Morgan fingerprint density at radius 1 is 1.35 bits per heavy atom. The van der Waals surface area contributed by atoms with Crippen LogP contribution in [0.2, 0.25) is 5.02 Å². The van der Waals surface area contributed by atoms with Gasteiger partial charge in [-0.3, -0.25) is 0 Å². The molecule has 1 aromatic carbocycles. The van der Waals surface area contributed by atoms with Gasteiger partial charge < -0.3 is 10.4 Å². The van der Waals surface area contributed by atoms with Crippen molar-refractivity contribution in [2.45, 2.75) is 44.2 Å². The van der Waals surface area contributed by atoms with Crippen LogP contribution in [0.25, 0.3) is 0 Å². The van der Waals surface area contributed by atoms with Gasteiger partial charge in [-0.25, -0.2) is 0 Å². The van der Waals surface area contributed by atoms with E-state index in [1.165, 1.54) is 5.56 Å². The lowest BCUT2D eigenvalue weighted by Gasteiger charge is -2.38. The number of hydrogen-bond donors (Lipinski definition) is 2. The topological polar surface area (TPSA) is 32.3 Å². The molecule has 2 rings (SSSR count). The van der Waals surface area contributed by atoms with Crippen LogP contribution in [0.3, 0.4) is 0 Å². The number of nitrogens with one attached hydrogen (secondary N) is 1. The molecule has 2 nitrogen and oxygen atoms in total. The number of aliphatic hydroxyl groups is 1. The Kier molecular flexibility index (Phi) is 4.43. The number of rotatable bonds is 5. The predicted molar refractivity (Wildman–Crippen MR) is 71.5 cm³/mol. The largest absolute Gasteiger partial charge is 0.395 e. The number of hydrogen-bond acceptors (Lipinski definition) is 2. The number of halogens is 1. The second-order valence-corrected chi connectivity index (χ2v) is 5.31. The molecule has 2 N–H and O–H groups in total. The fourth-order valence-corrected chi connectivity index (χ4v) is 2.52. The summed E-state index contributed by atoms with van der Waals surface area (Å²) in [5.74, 6) is 0.654. The van der Waals surface area contributed by atoms with Crippen LogP contribution in [0.15, 0.2) is 24.3 Å². The van der Waals surface area contributed by atoms with E-state index in [-0.39, 0.29) is 12.6 Å². The zero-order chi connectivity index (χ0) is 12.3. The Labute approximate surface area is 108 Å². The smallest absolute Gasteiger partial charge is 0.0584 e. The van der Waals surface area contributed by atoms with E-state index >= 15 is 0 Å². The Morgan fingerprint density at radius 3 is 2.53 bits per heavy atom. The van der Waals surface area contributed by atoms with Crippen LogP contribution in [0.5, 0.6) is 0 Å². The minimum absolute atomic E-state index is 0.235. The summed E-state index contributed by atoms with van der Waals surface area (Å²) in [7, 11) is 0. The highest BCUT2D eigenvalue weighted by Gasteiger charge is 2.31. The normalized spacial score (nSPS) is 25.4. The van der Waals surface area contributed by atoms with Crippen molar-refractivity contribution in [3.8, 4) is 0 Å². The lowest BCUT2D eigenvalue weighted by Crippen LogP contribution is -2.46. The van der Waals surface area contributed by atoms with E-state index < -0.39 is 0 Å². The van der Waals surface area contributed by atoms with Crippen molar-refractivity contribution in [2.24, 2.45) is 0 Å². The Morgan fingerprint density at radius 2 is 2.00 bits per heavy atom. The third kappa shape index (κ3) is 3.21. The first-order chi connectivity index (χ1) is 8.22. The lowest BCUT2D eigenvalue weighted by atomic mass is 9.75. The molecule has 0 aromatic heterocycles. The van der Waals surface area contributed by atoms with Gasteiger partial charge in [-0.2, -0.15) is 0 Å². The van der Waals surface area contributed by atoms with Gasteiger partial charge in [0.15, 0.2) is 0 Å². The number of aliphatic hydroxyl groups excluding tert-OH is 1. The maximum absolute atomic E-state index is 9.13. The van der Waals surface area contributed by atoms with Gasteiger partial charge in [0, 0.05) is 17.1 Å². The molecule has 0 spiro atoms. The van der Waals surface area contributed by atoms with Crippen molar-refractivity contribution in [3.63, 3.8) is 0 Å². The lowest BCUT2D eigenvalue weighted by molar-refractivity contribution is 0.193. The fraction of sp³-hybridized carbons (Fsp3) is 0.571. The van der Waals surface area contributed by atoms with E-state index in [2.05, 4.69) is 24.4 Å². The second-order valence-electron chi connectivity index (χ2n) is 4.87. The zero-order valence-electron chi connectivity index (χ0n) is 10.2. The third-order valence-electron chi connectivity index (χ3n) is 3.66. The molecular weight excluding hydrogens is 234 g/mol. The first-order valence-corrected chi connectivity index (χ1v) is 6.73. The summed E-state index contributed by atoms with van der Waals surface area (Å²) < 4.78 is 0. The molecular formula is C14H20ClNO. The van der Waals surface area contributed by atoms with Gasteiger partial charge in [0.25, 0.3) is 0 Å². The van der Waals surface area contributed by atoms with Gasteiger partial charge in [-0.05, 0) is 42.9 Å². The van der Waals surface area contributed by atoms with Crippen LogP contribution in [0.4, 0.5) is 0 Å². The van der Waals surface area contributed by atoms with Crippen molar-refractivity contribution in [2.75, 3.05) is 6.61 Å². The molecule has 0 heterocycles.